The molecule has 0 N–H and O–H groups in total. The lowest BCUT2D eigenvalue weighted by Crippen LogP contribution is -2.44. The lowest BCUT2D eigenvalue weighted by Gasteiger charge is -2.27. The first-order chi connectivity index (χ1) is 14.8. The van der Waals surface area contributed by atoms with Crippen molar-refractivity contribution in [2.24, 2.45) is 0 Å². The van der Waals surface area contributed by atoms with Gasteiger partial charge < -0.3 is 9.47 Å². The second-order valence-electron chi connectivity index (χ2n) is 7.85. The average Bonchev–Trinajstić information content (AvgIpc) is 3.19. The number of nitrogens with zero attached hydrogens (tertiary/aromatic N) is 3. The van der Waals surface area contributed by atoms with E-state index in [1.54, 1.807) is 11.0 Å². The molecule has 0 saturated carbocycles. The molecule has 162 valence electrons. The van der Waals surface area contributed by atoms with E-state index in [4.69, 9.17) is 0 Å². The molecule has 1 aromatic carbocycles. The summed E-state index contributed by atoms with van der Waals surface area (Å²) in [5.41, 5.74) is 3.92. The minimum absolute atomic E-state index is 0.156. The predicted octanol–water partition coefficient (Wildman–Crippen LogP) is 4.91. The lowest BCUT2D eigenvalue weighted by molar-refractivity contribution is -0.136. The lowest BCUT2D eigenvalue weighted by atomic mass is 10.1. The molecule has 0 spiro atoms. The van der Waals surface area contributed by atoms with E-state index in [-0.39, 0.29) is 17.7 Å². The summed E-state index contributed by atoms with van der Waals surface area (Å²) < 4.78 is 3.12. The van der Waals surface area contributed by atoms with Crippen molar-refractivity contribution in [1.29, 1.82) is 0 Å². The van der Waals surface area contributed by atoms with Crippen LogP contribution in [0.25, 0.3) is 11.8 Å². The molecule has 0 radical (unpaired) electrons. The number of carbonyl (C=O) groups is 3. The Bertz CT molecular complexity index is 1070. The number of carbonyl (C=O) groups excluding carboxylic acids is 3. The van der Waals surface area contributed by atoms with Gasteiger partial charge in [0.1, 0.15) is 6.54 Å². The summed E-state index contributed by atoms with van der Waals surface area (Å²) in [7, 11) is 0. The smallest absolute Gasteiger partial charge is 0.294 e. The van der Waals surface area contributed by atoms with E-state index in [1.165, 1.54) is 0 Å². The number of hydrogen-bond donors (Lipinski definition) is 0. The van der Waals surface area contributed by atoms with Crippen LogP contribution in [-0.2, 0) is 9.59 Å². The van der Waals surface area contributed by atoms with Gasteiger partial charge in [-0.2, -0.15) is 0 Å². The molecule has 2 fully saturated rings. The van der Waals surface area contributed by atoms with Crippen molar-refractivity contribution < 1.29 is 14.4 Å². The average molecular weight is 502 g/mol. The second-order valence-corrected chi connectivity index (χ2v) is 9.76. The molecule has 2 aliphatic rings. The van der Waals surface area contributed by atoms with Gasteiger partial charge in [-0.05, 0) is 86.8 Å². The van der Waals surface area contributed by atoms with E-state index >= 15 is 0 Å². The minimum Gasteiger partial charge on any atom is -0.341 e. The van der Waals surface area contributed by atoms with Crippen molar-refractivity contribution in [3.63, 3.8) is 0 Å². The zero-order chi connectivity index (χ0) is 22.1. The van der Waals surface area contributed by atoms with Crippen LogP contribution in [0.4, 0.5) is 4.79 Å². The van der Waals surface area contributed by atoms with Gasteiger partial charge in [-0.3, -0.25) is 19.3 Å². The van der Waals surface area contributed by atoms with Crippen LogP contribution in [0.1, 0.15) is 36.2 Å². The van der Waals surface area contributed by atoms with Crippen molar-refractivity contribution >= 4 is 50.8 Å². The highest BCUT2D eigenvalue weighted by Gasteiger charge is 2.37. The summed E-state index contributed by atoms with van der Waals surface area (Å²) in [6.07, 6.45) is 4.82. The Kier molecular flexibility index (Phi) is 6.39. The number of halogens is 1. The Hall–Kier alpha value is -2.32. The van der Waals surface area contributed by atoms with Crippen molar-refractivity contribution in [2.45, 2.75) is 33.1 Å². The van der Waals surface area contributed by atoms with Gasteiger partial charge in [0.05, 0.1) is 4.91 Å². The monoisotopic (exact) mass is 501 g/mol. The summed E-state index contributed by atoms with van der Waals surface area (Å²) >= 11 is 4.36. The molecule has 3 heterocycles. The van der Waals surface area contributed by atoms with Crippen LogP contribution in [-0.4, -0.2) is 51.1 Å². The first kappa shape index (κ1) is 21.9. The van der Waals surface area contributed by atoms with Crippen LogP contribution in [0.3, 0.4) is 0 Å². The molecule has 2 aromatic rings. The molecule has 3 amide bonds. The fourth-order valence-corrected chi connectivity index (χ4v) is 5.17. The molecule has 6 nitrogen and oxygen atoms in total. The second kappa shape index (κ2) is 9.04. The highest BCUT2D eigenvalue weighted by molar-refractivity contribution is 9.10. The third-order valence-electron chi connectivity index (χ3n) is 5.72. The van der Waals surface area contributed by atoms with Crippen molar-refractivity contribution in [1.82, 2.24) is 14.4 Å². The maximum atomic E-state index is 12.9. The largest absolute Gasteiger partial charge is 0.341 e. The number of aromatic nitrogens is 1. The summed E-state index contributed by atoms with van der Waals surface area (Å²) in [6.45, 7) is 5.22. The van der Waals surface area contributed by atoms with Gasteiger partial charge in [0.15, 0.2) is 0 Å². The number of aryl methyl sites for hydroxylation is 1. The van der Waals surface area contributed by atoms with Gasteiger partial charge in [0.2, 0.25) is 5.91 Å². The van der Waals surface area contributed by atoms with Crippen molar-refractivity contribution in [3.05, 3.63) is 56.7 Å². The van der Waals surface area contributed by atoms with E-state index in [0.29, 0.717) is 18.0 Å². The minimum atomic E-state index is -0.395. The van der Waals surface area contributed by atoms with Crippen LogP contribution >= 0.6 is 27.7 Å². The van der Waals surface area contributed by atoms with E-state index in [1.807, 2.05) is 44.2 Å². The number of likely N-dealkylation sites (tertiary alicyclic amines) is 1. The molecular weight excluding hydrogens is 478 g/mol. The Morgan fingerprint density at radius 1 is 1.10 bits per heavy atom. The topological polar surface area (TPSA) is 62.6 Å². The van der Waals surface area contributed by atoms with Gasteiger partial charge in [-0.15, -0.1) is 0 Å². The molecule has 0 bridgehead atoms. The standard InChI is InChI=1S/C23H24BrN3O3S/c1-15-12-17(16(2)27(15)19-8-6-18(24)7-9-19)13-20-22(29)26(23(30)31-20)14-21(28)25-10-4-3-5-11-25/h6-9,12-13H,3-5,10-11,14H2,1-2H3/b20-13+. The Balaban J connectivity index is 1.55. The van der Waals surface area contributed by atoms with Gasteiger partial charge in [0, 0.05) is 34.6 Å². The maximum Gasteiger partial charge on any atom is 0.294 e. The zero-order valence-corrected chi connectivity index (χ0v) is 20.0. The Labute approximate surface area is 194 Å². The normalized spacial score (nSPS) is 18.4. The van der Waals surface area contributed by atoms with Crippen molar-refractivity contribution in [2.75, 3.05) is 19.6 Å². The molecule has 2 saturated heterocycles. The number of piperidine rings is 1. The molecule has 2 aliphatic heterocycles. The predicted molar refractivity (Wildman–Crippen MR) is 126 cm³/mol. The first-order valence-corrected chi connectivity index (χ1v) is 11.9. The van der Waals surface area contributed by atoms with E-state index in [0.717, 1.165) is 63.0 Å². The molecular formula is C23H24BrN3O3S. The molecule has 0 unspecified atom stereocenters. The summed E-state index contributed by atoms with van der Waals surface area (Å²) in [5, 5.41) is -0.386. The number of rotatable bonds is 4. The fraction of sp³-hybridized carbons (Fsp3) is 0.348. The fourth-order valence-electron chi connectivity index (χ4n) is 4.08. The summed E-state index contributed by atoms with van der Waals surface area (Å²) in [4.78, 5) is 41.1. The quantitative estimate of drug-likeness (QED) is 0.558. The van der Waals surface area contributed by atoms with Crippen molar-refractivity contribution in [3.8, 4) is 5.69 Å². The molecule has 8 heteroatoms. The molecule has 31 heavy (non-hydrogen) atoms. The van der Waals surface area contributed by atoms with Crippen LogP contribution in [0.2, 0.25) is 0 Å². The van der Waals surface area contributed by atoms with Gasteiger partial charge in [-0.25, -0.2) is 0 Å². The van der Waals surface area contributed by atoms with Gasteiger partial charge in [-0.1, -0.05) is 15.9 Å². The zero-order valence-electron chi connectivity index (χ0n) is 17.6. The van der Waals surface area contributed by atoms with Crippen LogP contribution in [0.5, 0.6) is 0 Å². The third kappa shape index (κ3) is 4.50. The number of benzene rings is 1. The SMILES string of the molecule is Cc1cc(/C=C2/SC(=O)N(CC(=O)N3CCCCC3)C2=O)c(C)n1-c1ccc(Br)cc1. The molecule has 4 rings (SSSR count). The number of amides is 3. The summed E-state index contributed by atoms with van der Waals surface area (Å²) in [5.74, 6) is -0.550. The molecule has 1 aromatic heterocycles. The third-order valence-corrected chi connectivity index (χ3v) is 7.15. The Morgan fingerprint density at radius 2 is 1.77 bits per heavy atom. The highest BCUT2D eigenvalue weighted by atomic mass is 79.9. The van der Waals surface area contributed by atoms with Gasteiger partial charge in [0.25, 0.3) is 11.1 Å². The number of hydrogen-bond acceptors (Lipinski definition) is 4. The molecule has 0 atom stereocenters. The first-order valence-electron chi connectivity index (χ1n) is 10.3. The molecule has 0 aliphatic carbocycles. The highest BCUT2D eigenvalue weighted by Crippen LogP contribution is 2.34. The van der Waals surface area contributed by atoms with E-state index in [9.17, 15) is 14.4 Å². The van der Waals surface area contributed by atoms with Gasteiger partial charge >= 0.3 is 0 Å². The summed E-state index contributed by atoms with van der Waals surface area (Å²) in [6, 6.07) is 10.0. The Morgan fingerprint density at radius 3 is 2.45 bits per heavy atom. The number of imide groups is 1. The van der Waals surface area contributed by atoms with Crippen LogP contribution in [0.15, 0.2) is 39.7 Å². The van der Waals surface area contributed by atoms with Crippen LogP contribution < -0.4 is 0 Å². The van der Waals surface area contributed by atoms with E-state index in [2.05, 4.69) is 20.5 Å². The maximum absolute atomic E-state index is 12.9. The van der Waals surface area contributed by atoms with Crippen LogP contribution in [0, 0.1) is 13.8 Å². The van der Waals surface area contributed by atoms with E-state index < -0.39 is 5.91 Å². The number of thioether (sulfide) groups is 1.